The molecule has 4 aliphatic carbocycles. The number of amides is 2. The highest BCUT2D eigenvalue weighted by atomic mass is 35.5. The Kier molecular flexibility index (Phi) is 12.0. The molecule has 2 aromatic rings. The van der Waals surface area contributed by atoms with Gasteiger partial charge in [0, 0.05) is 65.9 Å². The molecule has 1 saturated heterocycles. The lowest BCUT2D eigenvalue weighted by Crippen LogP contribution is -2.62. The minimum atomic E-state index is -0.915. The molecule has 2 bridgehead atoms. The number of nitrogens with one attached hydrogen (secondary N) is 2. The normalized spacial score (nSPS) is 29.7. The van der Waals surface area contributed by atoms with Crippen molar-refractivity contribution in [3.8, 4) is 5.75 Å². The van der Waals surface area contributed by atoms with Gasteiger partial charge in [0.05, 0.1) is 26.4 Å². The zero-order chi connectivity index (χ0) is 38.2. The molecule has 53 heavy (non-hydrogen) atoms. The van der Waals surface area contributed by atoms with Crippen molar-refractivity contribution in [2.24, 2.45) is 29.1 Å². The molecule has 1 aliphatic heterocycles. The number of aliphatic hydroxyl groups is 2. The summed E-state index contributed by atoms with van der Waals surface area (Å²) in [6.45, 7) is 8.80. The number of nitrogens with zero attached hydrogens (tertiary/aromatic N) is 2. The number of carbonyl (C=O) groups is 2. The molecule has 10 nitrogen and oxygen atoms in total. The van der Waals surface area contributed by atoms with Crippen molar-refractivity contribution in [3.05, 3.63) is 87.6 Å². The molecule has 3 saturated carbocycles. The second kappa shape index (κ2) is 16.1. The van der Waals surface area contributed by atoms with Gasteiger partial charge >= 0.3 is 0 Å². The van der Waals surface area contributed by atoms with Gasteiger partial charge in [-0.2, -0.15) is 5.06 Å². The van der Waals surface area contributed by atoms with Crippen LogP contribution in [0.15, 0.2) is 65.9 Å². The first-order chi connectivity index (χ1) is 25.2. The molecular weight excluding hydrogens is 692 g/mol. The smallest absolute Gasteiger partial charge is 0.251 e. The number of fused-ring (bicyclic) bond motifs is 2. The standard InChI is InChI=1S/C42H57ClN4O6/c1-24-34-19-30(42(34,3)4)20-35(24)45-41(51)38-37(25(2)49)36(23-48)53-47(38)22-29-16-31(43)21-33(39(29)52-7)27-15-28(18-32(17-27)46(5)6)40(50)44-14-13-26-11-9-8-10-12-26/h8-12,15-16,18,21,24-25,27,30,34-38,48-49H,13-14,17,19-20,22-23H2,1-7H3,(H,44,50)(H,45,51)/t24-,25-,27?,30-,34+,35-,36-,37+,38?/m0/s1. The van der Waals surface area contributed by atoms with E-state index in [0.717, 1.165) is 29.7 Å². The van der Waals surface area contributed by atoms with Crippen LogP contribution in [0.4, 0.5) is 0 Å². The van der Waals surface area contributed by atoms with Crippen molar-refractivity contribution in [1.29, 1.82) is 0 Å². The van der Waals surface area contributed by atoms with Crippen LogP contribution < -0.4 is 15.4 Å². The largest absolute Gasteiger partial charge is 0.496 e. The topological polar surface area (TPSA) is 124 Å². The Hall–Kier alpha value is -3.41. The predicted molar refractivity (Wildman–Crippen MR) is 206 cm³/mol. The van der Waals surface area contributed by atoms with Crippen LogP contribution in [0.5, 0.6) is 5.75 Å². The zero-order valence-electron chi connectivity index (χ0n) is 32.1. The second-order valence-electron chi connectivity index (χ2n) is 16.4. The first-order valence-corrected chi connectivity index (χ1v) is 19.4. The Morgan fingerprint density at radius 1 is 1.17 bits per heavy atom. The van der Waals surface area contributed by atoms with Crippen LogP contribution in [0.2, 0.25) is 5.02 Å². The van der Waals surface area contributed by atoms with Crippen molar-refractivity contribution in [2.75, 3.05) is 34.4 Å². The summed E-state index contributed by atoms with van der Waals surface area (Å²) in [4.78, 5) is 36.1. The van der Waals surface area contributed by atoms with E-state index >= 15 is 0 Å². The molecule has 0 aromatic heterocycles. The predicted octanol–water partition coefficient (Wildman–Crippen LogP) is 5.23. The van der Waals surface area contributed by atoms with Gasteiger partial charge < -0.3 is 30.5 Å². The van der Waals surface area contributed by atoms with Gasteiger partial charge in [-0.15, -0.1) is 0 Å². The second-order valence-corrected chi connectivity index (χ2v) is 16.8. The van der Waals surface area contributed by atoms with Crippen LogP contribution in [0.25, 0.3) is 0 Å². The number of hydrogen-bond donors (Lipinski definition) is 4. The number of carbonyl (C=O) groups excluding carboxylic acids is 2. The molecule has 2 unspecified atom stereocenters. The van der Waals surface area contributed by atoms with Crippen molar-refractivity contribution in [2.45, 2.75) is 90.1 Å². The van der Waals surface area contributed by atoms with Crippen LogP contribution in [0, 0.1) is 29.1 Å². The average molecular weight is 749 g/mol. The molecule has 2 amide bonds. The fourth-order valence-corrected chi connectivity index (χ4v) is 9.72. The highest BCUT2D eigenvalue weighted by Gasteiger charge is 2.57. The molecule has 7 rings (SSSR count). The summed E-state index contributed by atoms with van der Waals surface area (Å²) in [5.41, 5.74) is 4.47. The maximum absolute atomic E-state index is 14.3. The third-order valence-electron chi connectivity index (χ3n) is 12.7. The molecule has 11 heteroatoms. The van der Waals surface area contributed by atoms with E-state index in [1.54, 1.807) is 25.2 Å². The van der Waals surface area contributed by atoms with Gasteiger partial charge in [0.1, 0.15) is 17.9 Å². The van der Waals surface area contributed by atoms with Gasteiger partial charge in [-0.05, 0) is 79.5 Å². The van der Waals surface area contributed by atoms with Gasteiger partial charge in [-0.25, -0.2) is 0 Å². The van der Waals surface area contributed by atoms with E-state index in [1.807, 2.05) is 67.5 Å². The SMILES string of the molecule is COc1c(CN2O[C@@H](CO)[C@@H]([C@H](C)O)C2C(=O)N[C@H]2C[C@@H]3C[C@H]([C@@H]2C)C3(C)C)cc(Cl)cc1C1C=C(C(=O)NCCc2ccccc2)C=C(N(C)C)C1. The van der Waals surface area contributed by atoms with Crippen molar-refractivity contribution in [3.63, 3.8) is 0 Å². The summed E-state index contributed by atoms with van der Waals surface area (Å²) in [5, 5.41) is 29.8. The van der Waals surface area contributed by atoms with Crippen molar-refractivity contribution in [1.82, 2.24) is 20.6 Å². The quantitative estimate of drug-likeness (QED) is 0.220. The Labute approximate surface area is 319 Å². The molecule has 0 spiro atoms. The van der Waals surface area contributed by atoms with E-state index in [0.29, 0.717) is 52.6 Å². The minimum Gasteiger partial charge on any atom is -0.496 e. The highest BCUT2D eigenvalue weighted by Crippen LogP contribution is 2.61. The summed E-state index contributed by atoms with van der Waals surface area (Å²) >= 11 is 6.83. The molecule has 5 aliphatic rings. The van der Waals surface area contributed by atoms with Crippen LogP contribution in [-0.2, 0) is 27.4 Å². The summed E-state index contributed by atoms with van der Waals surface area (Å²) < 4.78 is 6.09. The minimum absolute atomic E-state index is 0.0260. The Morgan fingerprint density at radius 2 is 1.91 bits per heavy atom. The molecule has 4 N–H and O–H groups in total. The third-order valence-corrected chi connectivity index (χ3v) is 12.9. The monoisotopic (exact) mass is 748 g/mol. The summed E-state index contributed by atoms with van der Waals surface area (Å²) in [5.74, 6) is 0.738. The lowest BCUT2D eigenvalue weighted by atomic mass is 9.45. The van der Waals surface area contributed by atoms with Crippen molar-refractivity contribution < 1.29 is 29.4 Å². The zero-order valence-corrected chi connectivity index (χ0v) is 32.9. The lowest BCUT2D eigenvalue weighted by molar-refractivity contribution is -0.183. The van der Waals surface area contributed by atoms with E-state index in [1.165, 1.54) is 6.42 Å². The maximum Gasteiger partial charge on any atom is 0.251 e. The van der Waals surface area contributed by atoms with Gasteiger partial charge in [0.2, 0.25) is 5.91 Å². The van der Waals surface area contributed by atoms with Gasteiger partial charge in [0.25, 0.3) is 5.91 Å². The molecule has 0 radical (unpaired) electrons. The fourth-order valence-electron chi connectivity index (χ4n) is 9.47. The van der Waals surface area contributed by atoms with E-state index in [4.69, 9.17) is 21.2 Å². The van der Waals surface area contributed by atoms with E-state index in [9.17, 15) is 19.8 Å². The Bertz CT molecular complexity index is 1710. The van der Waals surface area contributed by atoms with Gasteiger partial charge in [-0.3, -0.25) is 14.4 Å². The number of allylic oxidation sites excluding steroid dienone is 2. The Balaban J connectivity index is 1.26. The van der Waals surface area contributed by atoms with Gasteiger partial charge in [0.15, 0.2) is 0 Å². The van der Waals surface area contributed by atoms with E-state index < -0.39 is 24.2 Å². The molecular formula is C42H57ClN4O6. The fraction of sp³-hybridized carbons (Fsp3) is 0.571. The number of ether oxygens (including phenoxy) is 1. The van der Waals surface area contributed by atoms with E-state index in [-0.39, 0.29) is 42.3 Å². The molecule has 288 valence electrons. The van der Waals surface area contributed by atoms with E-state index in [2.05, 4.69) is 31.4 Å². The Morgan fingerprint density at radius 3 is 2.53 bits per heavy atom. The lowest BCUT2D eigenvalue weighted by Gasteiger charge is -2.62. The summed E-state index contributed by atoms with van der Waals surface area (Å²) in [7, 11) is 5.53. The van der Waals surface area contributed by atoms with Gasteiger partial charge in [-0.1, -0.05) is 68.8 Å². The van der Waals surface area contributed by atoms with Crippen molar-refractivity contribution >= 4 is 23.4 Å². The molecule has 4 fully saturated rings. The number of aliphatic hydroxyl groups excluding tert-OH is 2. The van der Waals surface area contributed by atoms with Crippen LogP contribution in [0.3, 0.4) is 0 Å². The number of hydroxylamine groups is 2. The first kappa shape index (κ1) is 39.3. The number of halogens is 1. The highest BCUT2D eigenvalue weighted by molar-refractivity contribution is 6.30. The third kappa shape index (κ3) is 8.03. The molecule has 9 atom stereocenters. The number of rotatable bonds is 13. The van der Waals surface area contributed by atoms with Crippen LogP contribution in [-0.4, -0.2) is 90.6 Å². The number of methoxy groups -OCH3 is 1. The molecule has 2 aromatic carbocycles. The summed E-state index contributed by atoms with van der Waals surface area (Å²) in [6.07, 6.45) is 5.66. The van der Waals surface area contributed by atoms with Crippen LogP contribution >= 0.6 is 11.6 Å². The van der Waals surface area contributed by atoms with Crippen LogP contribution in [0.1, 0.15) is 69.6 Å². The maximum atomic E-state index is 14.3. The first-order valence-electron chi connectivity index (χ1n) is 19.0. The molecule has 1 heterocycles. The summed E-state index contributed by atoms with van der Waals surface area (Å²) in [6, 6.07) is 12.9. The number of benzene rings is 2. The average Bonchev–Trinajstić information content (AvgIpc) is 3.50. The number of hydrogen-bond acceptors (Lipinski definition) is 8.